The highest BCUT2D eigenvalue weighted by atomic mass is 19.1. The fraction of sp³-hybridized carbons (Fsp3) is 0.0357. The minimum Gasteiger partial charge on any atom is -0.508 e. The van der Waals surface area contributed by atoms with E-state index in [1.165, 1.54) is 36.4 Å². The maximum Gasteiger partial charge on any atom is 0.335 e. The van der Waals surface area contributed by atoms with Gasteiger partial charge in [-0.2, -0.15) is 0 Å². The summed E-state index contributed by atoms with van der Waals surface area (Å²) in [5.74, 6) is -2.00. The van der Waals surface area contributed by atoms with Crippen molar-refractivity contribution in [2.75, 3.05) is 4.90 Å². The Bertz CT molecular complexity index is 1530. The van der Waals surface area contributed by atoms with Crippen molar-refractivity contribution in [1.29, 1.82) is 0 Å². The predicted molar refractivity (Wildman–Crippen MR) is 130 cm³/mol. The summed E-state index contributed by atoms with van der Waals surface area (Å²) in [4.78, 5) is 39.5. The fourth-order valence-electron chi connectivity index (χ4n) is 4.15. The van der Waals surface area contributed by atoms with Gasteiger partial charge in [-0.3, -0.25) is 14.9 Å². The number of carbonyl (C=O) groups is 3. The Balaban J connectivity index is 1.65. The van der Waals surface area contributed by atoms with Gasteiger partial charge in [-0.15, -0.1) is 0 Å². The third-order valence-corrected chi connectivity index (χ3v) is 5.90. The van der Waals surface area contributed by atoms with Gasteiger partial charge >= 0.3 is 6.03 Å². The number of rotatable bonds is 4. The fourth-order valence-corrected chi connectivity index (χ4v) is 4.15. The van der Waals surface area contributed by atoms with Crippen molar-refractivity contribution >= 4 is 40.4 Å². The zero-order chi connectivity index (χ0) is 24.5. The third-order valence-electron chi connectivity index (χ3n) is 5.90. The third kappa shape index (κ3) is 4.15. The molecule has 1 aliphatic heterocycles. The summed E-state index contributed by atoms with van der Waals surface area (Å²) in [5, 5.41) is 13.4. The molecule has 1 saturated heterocycles. The van der Waals surface area contributed by atoms with Crippen LogP contribution in [0.25, 0.3) is 16.8 Å². The summed E-state index contributed by atoms with van der Waals surface area (Å²) in [6.07, 6.45) is 1.70. The van der Waals surface area contributed by atoms with E-state index in [1.54, 1.807) is 18.2 Å². The van der Waals surface area contributed by atoms with E-state index < -0.39 is 17.8 Å². The predicted octanol–water partition coefficient (Wildman–Crippen LogP) is 4.94. The monoisotopic (exact) mass is 466 g/mol. The van der Waals surface area contributed by atoms with E-state index in [9.17, 15) is 23.9 Å². The maximum absolute atomic E-state index is 14.4. The van der Waals surface area contributed by atoms with Gasteiger partial charge in [0.1, 0.15) is 17.1 Å². The van der Waals surface area contributed by atoms with Crippen molar-refractivity contribution < 1.29 is 23.9 Å². The van der Waals surface area contributed by atoms with Crippen molar-refractivity contribution in [2.24, 2.45) is 0 Å². The number of nitrogens with one attached hydrogen (secondary N) is 1. The number of phenols is 1. The molecule has 4 aromatic carbocycles. The minimum absolute atomic E-state index is 0.0287. The van der Waals surface area contributed by atoms with Crippen molar-refractivity contribution in [3.05, 3.63) is 113 Å². The van der Waals surface area contributed by atoms with Crippen LogP contribution in [0.1, 0.15) is 16.7 Å². The van der Waals surface area contributed by atoms with E-state index >= 15 is 0 Å². The Morgan fingerprint density at radius 1 is 0.829 bits per heavy atom. The van der Waals surface area contributed by atoms with Crippen LogP contribution < -0.4 is 10.2 Å². The molecule has 0 bridgehead atoms. The average molecular weight is 466 g/mol. The highest BCUT2D eigenvalue weighted by molar-refractivity contribution is 6.39. The summed E-state index contributed by atoms with van der Waals surface area (Å²) in [7, 11) is 0. The number of fused-ring (bicyclic) bond motifs is 1. The number of imide groups is 2. The number of anilines is 1. The molecule has 0 spiro atoms. The van der Waals surface area contributed by atoms with E-state index in [1.807, 2.05) is 36.4 Å². The van der Waals surface area contributed by atoms with Crippen LogP contribution in [-0.2, 0) is 16.0 Å². The molecule has 1 fully saturated rings. The highest BCUT2D eigenvalue weighted by Crippen LogP contribution is 2.30. The second-order valence-electron chi connectivity index (χ2n) is 8.10. The van der Waals surface area contributed by atoms with Gasteiger partial charge in [0, 0.05) is 6.42 Å². The number of amides is 4. The normalized spacial score (nSPS) is 15.1. The number of carbonyl (C=O) groups excluding carboxylic acids is 3. The summed E-state index contributed by atoms with van der Waals surface area (Å²) >= 11 is 0. The van der Waals surface area contributed by atoms with Gasteiger partial charge in [0.25, 0.3) is 11.8 Å². The number of aromatic hydroxyl groups is 1. The smallest absolute Gasteiger partial charge is 0.335 e. The average Bonchev–Trinajstić information content (AvgIpc) is 2.85. The zero-order valence-electron chi connectivity index (χ0n) is 18.4. The molecule has 7 heteroatoms. The molecule has 0 aromatic heterocycles. The highest BCUT2D eigenvalue weighted by Gasteiger charge is 2.37. The van der Waals surface area contributed by atoms with Crippen molar-refractivity contribution in [3.63, 3.8) is 0 Å². The number of phenolic OH excluding ortho intramolecular Hbond substituents is 1. The molecule has 2 N–H and O–H groups in total. The van der Waals surface area contributed by atoms with Gasteiger partial charge in [0.15, 0.2) is 0 Å². The maximum atomic E-state index is 14.4. The lowest BCUT2D eigenvalue weighted by Gasteiger charge is -2.26. The molecule has 0 atom stereocenters. The van der Waals surface area contributed by atoms with E-state index in [-0.39, 0.29) is 29.2 Å². The lowest BCUT2D eigenvalue weighted by atomic mass is 9.92. The number of barbiturate groups is 1. The molecule has 6 nitrogen and oxygen atoms in total. The molecule has 4 aromatic rings. The Morgan fingerprint density at radius 3 is 2.31 bits per heavy atom. The second-order valence-corrected chi connectivity index (χ2v) is 8.10. The van der Waals surface area contributed by atoms with Gasteiger partial charge in [-0.25, -0.2) is 14.1 Å². The minimum atomic E-state index is -0.882. The van der Waals surface area contributed by atoms with Crippen LogP contribution in [0.15, 0.2) is 90.5 Å². The van der Waals surface area contributed by atoms with Crippen LogP contribution in [0, 0.1) is 5.82 Å². The molecule has 4 amide bonds. The Kier molecular flexibility index (Phi) is 5.58. The Labute approximate surface area is 199 Å². The van der Waals surface area contributed by atoms with Gasteiger partial charge in [0.05, 0.1) is 5.69 Å². The summed E-state index contributed by atoms with van der Waals surface area (Å²) in [5.41, 5.74) is 1.75. The molecule has 0 aliphatic carbocycles. The first-order chi connectivity index (χ1) is 16.9. The van der Waals surface area contributed by atoms with Crippen molar-refractivity contribution in [3.8, 4) is 5.75 Å². The van der Waals surface area contributed by atoms with Crippen LogP contribution in [0.5, 0.6) is 5.75 Å². The standard InChI is InChI=1S/C28H19FN2O4/c29-25-8-4-2-6-19(25)15-18-10-9-17-5-1-3-7-22(17)23(18)16-24-26(33)30-28(35)31(27(24)34)20-11-13-21(32)14-12-20/h1-14,16,32H,15H2,(H,30,33,35)/b24-16+. The largest absolute Gasteiger partial charge is 0.508 e. The number of halogens is 1. The van der Waals surface area contributed by atoms with E-state index in [4.69, 9.17) is 0 Å². The van der Waals surface area contributed by atoms with Gasteiger partial charge < -0.3 is 5.11 Å². The SMILES string of the molecule is O=C1NC(=O)N(c2ccc(O)cc2)C(=O)/C1=C/c1c(Cc2ccccc2F)ccc2ccccc12. The number of nitrogens with zero attached hydrogens (tertiary/aromatic N) is 1. The van der Waals surface area contributed by atoms with Gasteiger partial charge in [-0.05, 0) is 63.9 Å². The van der Waals surface area contributed by atoms with Gasteiger partial charge in [0.2, 0.25) is 0 Å². The van der Waals surface area contributed by atoms with E-state index in [0.717, 1.165) is 21.2 Å². The molecular formula is C28H19FN2O4. The zero-order valence-corrected chi connectivity index (χ0v) is 18.4. The first kappa shape index (κ1) is 22.0. The number of hydrogen-bond acceptors (Lipinski definition) is 4. The topological polar surface area (TPSA) is 86.7 Å². The van der Waals surface area contributed by atoms with Crippen LogP contribution >= 0.6 is 0 Å². The second kappa shape index (κ2) is 8.87. The van der Waals surface area contributed by atoms with E-state index in [2.05, 4.69) is 5.32 Å². The summed E-state index contributed by atoms with van der Waals surface area (Å²) in [6.45, 7) is 0. The Hall–Kier alpha value is -4.78. The molecule has 5 rings (SSSR count). The number of urea groups is 1. The number of hydrogen-bond donors (Lipinski definition) is 2. The molecular weight excluding hydrogens is 447 g/mol. The summed E-state index contributed by atoms with van der Waals surface area (Å²) in [6, 6.07) is 22.3. The van der Waals surface area contributed by atoms with Crippen molar-refractivity contribution in [1.82, 2.24) is 5.32 Å². The van der Waals surface area contributed by atoms with Crippen molar-refractivity contribution in [2.45, 2.75) is 6.42 Å². The van der Waals surface area contributed by atoms with Crippen LogP contribution in [-0.4, -0.2) is 23.0 Å². The molecule has 1 aliphatic rings. The van der Waals surface area contributed by atoms with Crippen LogP contribution in [0.4, 0.5) is 14.9 Å². The summed E-state index contributed by atoms with van der Waals surface area (Å²) < 4.78 is 14.4. The van der Waals surface area contributed by atoms with Crippen LogP contribution in [0.2, 0.25) is 0 Å². The molecule has 35 heavy (non-hydrogen) atoms. The first-order valence-corrected chi connectivity index (χ1v) is 10.9. The van der Waals surface area contributed by atoms with Crippen LogP contribution in [0.3, 0.4) is 0 Å². The lowest BCUT2D eigenvalue weighted by molar-refractivity contribution is -0.122. The van der Waals surface area contributed by atoms with Gasteiger partial charge in [-0.1, -0.05) is 54.6 Å². The molecule has 0 saturated carbocycles. The first-order valence-electron chi connectivity index (χ1n) is 10.9. The Morgan fingerprint density at radius 2 is 1.54 bits per heavy atom. The quantitative estimate of drug-likeness (QED) is 0.329. The molecule has 172 valence electrons. The van der Waals surface area contributed by atoms with E-state index in [0.29, 0.717) is 11.1 Å². The number of benzene rings is 4. The lowest BCUT2D eigenvalue weighted by Crippen LogP contribution is -2.54. The molecule has 1 heterocycles. The molecule has 0 radical (unpaired) electrons. The molecule has 0 unspecified atom stereocenters.